The number of fused-ring (bicyclic) bond motifs is 2. The van der Waals surface area contributed by atoms with Gasteiger partial charge in [-0.1, -0.05) is 95.7 Å². The van der Waals surface area contributed by atoms with Crippen molar-refractivity contribution in [1.82, 2.24) is 0 Å². The summed E-state index contributed by atoms with van der Waals surface area (Å²) in [5.74, 6) is 1.98. The summed E-state index contributed by atoms with van der Waals surface area (Å²) in [6.45, 7) is 12.5. The third kappa shape index (κ3) is 6.96. The molecule has 3 aromatic rings. The summed E-state index contributed by atoms with van der Waals surface area (Å²) in [4.78, 5) is 0. The zero-order valence-electron chi connectivity index (χ0n) is 23.8. The minimum Gasteiger partial charge on any atom is -0.493 e. The minimum absolute atomic E-state index is 0.535. The lowest BCUT2D eigenvalue weighted by molar-refractivity contribution is 0.178. The minimum atomic E-state index is 0.535. The van der Waals surface area contributed by atoms with E-state index in [9.17, 15) is 0 Å². The van der Waals surface area contributed by atoms with Crippen molar-refractivity contribution in [2.75, 3.05) is 13.2 Å². The monoisotopic (exact) mass is 490 g/mol. The number of ether oxygens (including phenoxy) is 2. The fraction of sp³-hybridized carbons (Fsp3) is 0.588. The molecule has 0 atom stereocenters. The first-order chi connectivity index (χ1) is 17.6. The van der Waals surface area contributed by atoms with Gasteiger partial charge in [0.25, 0.3) is 0 Å². The second kappa shape index (κ2) is 14.5. The van der Waals surface area contributed by atoms with Crippen LogP contribution in [0.25, 0.3) is 21.5 Å². The van der Waals surface area contributed by atoms with Crippen molar-refractivity contribution < 1.29 is 9.47 Å². The fourth-order valence-electron chi connectivity index (χ4n) is 5.97. The van der Waals surface area contributed by atoms with Crippen molar-refractivity contribution in [3.05, 3.63) is 48.0 Å². The van der Waals surface area contributed by atoms with Gasteiger partial charge in [-0.25, -0.2) is 0 Å². The van der Waals surface area contributed by atoms with Gasteiger partial charge in [0.15, 0.2) is 0 Å². The topological polar surface area (TPSA) is 18.5 Å². The number of hydrogen-bond donors (Lipinski definition) is 0. The molecule has 0 heterocycles. The van der Waals surface area contributed by atoms with E-state index < -0.39 is 0 Å². The van der Waals surface area contributed by atoms with Gasteiger partial charge >= 0.3 is 0 Å². The number of hydrogen-bond acceptors (Lipinski definition) is 2. The van der Waals surface area contributed by atoms with Gasteiger partial charge in [0, 0.05) is 21.5 Å². The maximum atomic E-state index is 6.26. The van der Waals surface area contributed by atoms with Crippen molar-refractivity contribution in [2.45, 2.75) is 112 Å². The third-order valence-electron chi connectivity index (χ3n) is 7.92. The second-order valence-corrected chi connectivity index (χ2v) is 10.6. The SMILES string of the molecule is CCCCC(CCCC)(CCCC)CCCc1ccc2c(OCC)c3ccccc3c(OCC)c2c1. The molecular weight excluding hydrogens is 440 g/mol. The van der Waals surface area contributed by atoms with Crippen LogP contribution in [0.3, 0.4) is 0 Å². The van der Waals surface area contributed by atoms with E-state index in [0.29, 0.717) is 18.6 Å². The lowest BCUT2D eigenvalue weighted by atomic mass is 9.71. The molecular formula is C34H50O2. The highest BCUT2D eigenvalue weighted by Gasteiger charge is 2.28. The zero-order chi connectivity index (χ0) is 25.8. The Balaban J connectivity index is 1.91. The molecule has 0 radical (unpaired) electrons. The van der Waals surface area contributed by atoms with Crippen LogP contribution in [0.5, 0.6) is 11.5 Å². The van der Waals surface area contributed by atoms with E-state index in [1.807, 2.05) is 0 Å². The number of aryl methyl sites for hydroxylation is 1. The Hall–Kier alpha value is -2.22. The molecule has 2 heteroatoms. The van der Waals surface area contributed by atoms with Crippen molar-refractivity contribution in [3.8, 4) is 11.5 Å². The van der Waals surface area contributed by atoms with Crippen LogP contribution in [0.15, 0.2) is 42.5 Å². The first-order valence-electron chi connectivity index (χ1n) is 14.9. The Morgan fingerprint density at radius 1 is 0.556 bits per heavy atom. The Kier molecular flexibility index (Phi) is 11.4. The molecule has 0 aromatic heterocycles. The molecule has 0 saturated heterocycles. The molecule has 3 rings (SSSR count). The summed E-state index contributed by atoms with van der Waals surface area (Å²) in [7, 11) is 0. The van der Waals surface area contributed by atoms with Crippen LogP contribution in [0.4, 0.5) is 0 Å². The van der Waals surface area contributed by atoms with Crippen molar-refractivity contribution in [2.24, 2.45) is 5.41 Å². The highest BCUT2D eigenvalue weighted by molar-refractivity contribution is 6.11. The van der Waals surface area contributed by atoms with E-state index in [1.54, 1.807) is 0 Å². The molecule has 0 spiro atoms. The molecule has 198 valence electrons. The van der Waals surface area contributed by atoms with Crippen molar-refractivity contribution in [3.63, 3.8) is 0 Å². The largest absolute Gasteiger partial charge is 0.493 e. The molecule has 0 unspecified atom stereocenters. The second-order valence-electron chi connectivity index (χ2n) is 10.6. The number of benzene rings is 3. The van der Waals surface area contributed by atoms with Crippen LogP contribution >= 0.6 is 0 Å². The Labute approximate surface area is 220 Å². The van der Waals surface area contributed by atoms with Gasteiger partial charge in [-0.3, -0.25) is 0 Å². The van der Waals surface area contributed by atoms with Crippen LogP contribution in [-0.2, 0) is 6.42 Å². The van der Waals surface area contributed by atoms with Crippen LogP contribution in [0.2, 0.25) is 0 Å². The van der Waals surface area contributed by atoms with Gasteiger partial charge in [-0.15, -0.1) is 0 Å². The normalized spacial score (nSPS) is 11.9. The van der Waals surface area contributed by atoms with E-state index in [2.05, 4.69) is 77.1 Å². The number of rotatable bonds is 17. The summed E-state index contributed by atoms with van der Waals surface area (Å²) in [6.07, 6.45) is 16.0. The number of unbranched alkanes of at least 4 members (excludes halogenated alkanes) is 3. The maximum Gasteiger partial charge on any atom is 0.135 e. The van der Waals surface area contributed by atoms with E-state index in [-0.39, 0.29) is 0 Å². The molecule has 0 aliphatic rings. The van der Waals surface area contributed by atoms with Gasteiger partial charge in [0.05, 0.1) is 13.2 Å². The molecule has 36 heavy (non-hydrogen) atoms. The summed E-state index contributed by atoms with van der Waals surface area (Å²) in [6, 6.07) is 15.5. The van der Waals surface area contributed by atoms with Crippen LogP contribution < -0.4 is 9.47 Å². The Bertz CT molecular complexity index is 1050. The maximum absolute atomic E-state index is 6.26. The first-order valence-corrected chi connectivity index (χ1v) is 14.9. The molecule has 0 aliphatic heterocycles. The van der Waals surface area contributed by atoms with Gasteiger partial charge in [0.1, 0.15) is 11.5 Å². The van der Waals surface area contributed by atoms with Crippen LogP contribution in [0, 0.1) is 5.41 Å². The van der Waals surface area contributed by atoms with Crippen molar-refractivity contribution in [1.29, 1.82) is 0 Å². The summed E-state index contributed by atoms with van der Waals surface area (Å²) >= 11 is 0. The molecule has 0 amide bonds. The van der Waals surface area contributed by atoms with Gasteiger partial charge in [0.2, 0.25) is 0 Å². The van der Waals surface area contributed by atoms with Crippen LogP contribution in [-0.4, -0.2) is 13.2 Å². The summed E-state index contributed by atoms with van der Waals surface area (Å²) in [5, 5.41) is 4.62. The molecule has 0 fully saturated rings. The van der Waals surface area contributed by atoms with E-state index in [1.165, 1.54) is 81.6 Å². The van der Waals surface area contributed by atoms with Gasteiger partial charge < -0.3 is 9.47 Å². The zero-order valence-corrected chi connectivity index (χ0v) is 23.8. The average Bonchev–Trinajstić information content (AvgIpc) is 2.91. The van der Waals surface area contributed by atoms with Crippen LogP contribution in [0.1, 0.15) is 111 Å². The Morgan fingerprint density at radius 3 is 1.53 bits per heavy atom. The predicted octanol–water partition coefficient (Wildman–Crippen LogP) is 10.7. The lowest BCUT2D eigenvalue weighted by Crippen LogP contribution is -2.21. The predicted molar refractivity (Wildman–Crippen MR) is 158 cm³/mol. The quantitative estimate of drug-likeness (QED) is 0.175. The van der Waals surface area contributed by atoms with Gasteiger partial charge in [-0.05, 0) is 69.4 Å². The molecule has 0 bridgehead atoms. The van der Waals surface area contributed by atoms with E-state index >= 15 is 0 Å². The Morgan fingerprint density at radius 2 is 1.03 bits per heavy atom. The first kappa shape index (κ1) is 28.4. The molecule has 0 N–H and O–H groups in total. The molecule has 0 aliphatic carbocycles. The average molecular weight is 491 g/mol. The summed E-state index contributed by atoms with van der Waals surface area (Å²) < 4.78 is 12.4. The fourth-order valence-corrected chi connectivity index (χ4v) is 5.97. The van der Waals surface area contributed by atoms with E-state index in [4.69, 9.17) is 9.47 Å². The highest BCUT2D eigenvalue weighted by Crippen LogP contribution is 2.44. The van der Waals surface area contributed by atoms with Crippen molar-refractivity contribution >= 4 is 21.5 Å². The standard InChI is InChI=1S/C34H50O2/c1-6-11-22-34(23-12-7-2,24-13-8-3)25-16-17-27-20-21-30-31(26-27)33(36-10-5)29-19-15-14-18-28(29)32(30)35-9-4/h14-15,18-21,26H,6-13,16-17,22-25H2,1-5H3. The van der Waals surface area contributed by atoms with Gasteiger partial charge in [-0.2, -0.15) is 0 Å². The summed E-state index contributed by atoms with van der Waals surface area (Å²) in [5.41, 5.74) is 1.95. The molecule has 3 aromatic carbocycles. The highest BCUT2D eigenvalue weighted by atomic mass is 16.5. The lowest BCUT2D eigenvalue weighted by Gasteiger charge is -2.35. The third-order valence-corrected chi connectivity index (χ3v) is 7.92. The smallest absolute Gasteiger partial charge is 0.135 e. The molecule has 2 nitrogen and oxygen atoms in total. The van der Waals surface area contributed by atoms with E-state index in [0.717, 1.165) is 34.1 Å². The molecule has 0 saturated carbocycles.